The molecule has 1 N–H and O–H groups in total. The lowest BCUT2D eigenvalue weighted by molar-refractivity contribution is -0.125. The second-order valence-corrected chi connectivity index (χ2v) is 7.77. The zero-order valence-electron chi connectivity index (χ0n) is 14.8. The molecule has 1 aromatic carbocycles. The van der Waals surface area contributed by atoms with E-state index in [-0.39, 0.29) is 23.9 Å². The van der Waals surface area contributed by atoms with Gasteiger partial charge in [-0.05, 0) is 35.9 Å². The molecule has 5 heteroatoms. The van der Waals surface area contributed by atoms with E-state index in [2.05, 4.69) is 55.3 Å². The van der Waals surface area contributed by atoms with Crippen LogP contribution in [0.15, 0.2) is 24.3 Å². The molecule has 0 bridgehead atoms. The molecule has 5 nitrogen and oxygen atoms in total. The molecule has 1 atom stereocenters. The number of nitrogens with one attached hydrogen (secondary N) is 1. The van der Waals surface area contributed by atoms with Gasteiger partial charge in [0.15, 0.2) is 0 Å². The molecule has 0 aromatic heterocycles. The number of hydrogen-bond acceptors (Lipinski definition) is 3. The van der Waals surface area contributed by atoms with Crippen molar-refractivity contribution in [2.45, 2.75) is 45.1 Å². The zero-order chi connectivity index (χ0) is 17.3. The van der Waals surface area contributed by atoms with Gasteiger partial charge >= 0.3 is 6.03 Å². The van der Waals surface area contributed by atoms with E-state index >= 15 is 0 Å². The molecule has 2 aliphatic heterocycles. The second kappa shape index (κ2) is 6.55. The van der Waals surface area contributed by atoms with Crippen molar-refractivity contribution in [1.82, 2.24) is 15.1 Å². The average Bonchev–Trinajstić information content (AvgIpc) is 3.12. The van der Waals surface area contributed by atoms with E-state index < -0.39 is 0 Å². The van der Waals surface area contributed by atoms with Crippen LogP contribution in [0.25, 0.3) is 0 Å². The molecule has 3 rings (SSSR count). The van der Waals surface area contributed by atoms with E-state index in [1.54, 1.807) is 0 Å². The minimum Gasteiger partial charge on any atom is -0.329 e. The highest BCUT2D eigenvalue weighted by Gasteiger charge is 2.31. The average molecular weight is 329 g/mol. The van der Waals surface area contributed by atoms with Crippen LogP contribution >= 0.6 is 0 Å². The molecule has 1 aromatic rings. The Morgan fingerprint density at radius 1 is 1.12 bits per heavy atom. The van der Waals surface area contributed by atoms with Crippen LogP contribution in [0.5, 0.6) is 0 Å². The van der Waals surface area contributed by atoms with Crippen molar-refractivity contribution in [3.8, 4) is 0 Å². The molecule has 2 aliphatic rings. The topological polar surface area (TPSA) is 52.6 Å². The first-order valence-electron chi connectivity index (χ1n) is 8.79. The van der Waals surface area contributed by atoms with Gasteiger partial charge < -0.3 is 5.32 Å². The summed E-state index contributed by atoms with van der Waals surface area (Å²) in [7, 11) is 0. The number of imide groups is 1. The standard InChI is InChI=1S/C19H27N3O2/c1-19(2,3)15-8-6-14(7-9-15)16-5-4-10-21(16)11-12-22-17(23)13-20-18(22)24/h6-9,16H,4-5,10-13H2,1-3H3,(H,20,24). The predicted molar refractivity (Wildman–Crippen MR) is 93.8 cm³/mol. The van der Waals surface area contributed by atoms with Gasteiger partial charge in [-0.1, -0.05) is 45.0 Å². The summed E-state index contributed by atoms with van der Waals surface area (Å²) in [6, 6.07) is 9.05. The third-order valence-electron chi connectivity index (χ3n) is 5.07. The first kappa shape index (κ1) is 17.0. The normalized spacial score (nSPS) is 22.3. The number of carbonyl (C=O) groups excluding carboxylic acids is 2. The first-order chi connectivity index (χ1) is 11.4. The van der Waals surface area contributed by atoms with Gasteiger partial charge in [-0.15, -0.1) is 0 Å². The highest BCUT2D eigenvalue weighted by molar-refractivity contribution is 6.01. The maximum Gasteiger partial charge on any atom is 0.324 e. The Hall–Kier alpha value is -1.88. The molecule has 24 heavy (non-hydrogen) atoms. The summed E-state index contributed by atoms with van der Waals surface area (Å²) >= 11 is 0. The van der Waals surface area contributed by atoms with Gasteiger partial charge in [0, 0.05) is 19.1 Å². The second-order valence-electron chi connectivity index (χ2n) is 7.77. The molecular weight excluding hydrogens is 302 g/mol. The van der Waals surface area contributed by atoms with E-state index in [1.807, 2.05) is 0 Å². The zero-order valence-corrected chi connectivity index (χ0v) is 14.8. The lowest BCUT2D eigenvalue weighted by atomic mass is 9.86. The molecule has 1 unspecified atom stereocenters. The molecule has 0 spiro atoms. The van der Waals surface area contributed by atoms with Gasteiger partial charge in [0.25, 0.3) is 0 Å². The Bertz CT molecular complexity index is 602. The van der Waals surface area contributed by atoms with Crippen molar-refractivity contribution in [2.75, 3.05) is 26.2 Å². The number of rotatable bonds is 4. The highest BCUT2D eigenvalue weighted by Crippen LogP contribution is 2.33. The van der Waals surface area contributed by atoms with Crippen LogP contribution in [0.2, 0.25) is 0 Å². The van der Waals surface area contributed by atoms with Crippen molar-refractivity contribution in [3.05, 3.63) is 35.4 Å². The van der Waals surface area contributed by atoms with E-state index in [0.717, 1.165) is 25.9 Å². The van der Waals surface area contributed by atoms with Crippen LogP contribution in [0, 0.1) is 0 Å². The van der Waals surface area contributed by atoms with E-state index in [9.17, 15) is 9.59 Å². The van der Waals surface area contributed by atoms with Crippen LogP contribution in [-0.4, -0.2) is 47.9 Å². The number of likely N-dealkylation sites (tertiary alicyclic amines) is 1. The summed E-state index contributed by atoms with van der Waals surface area (Å²) in [5, 5.41) is 2.58. The van der Waals surface area contributed by atoms with Crippen molar-refractivity contribution in [3.63, 3.8) is 0 Å². The molecule has 2 fully saturated rings. The van der Waals surface area contributed by atoms with Gasteiger partial charge in [-0.2, -0.15) is 0 Å². The number of carbonyl (C=O) groups is 2. The molecule has 3 amide bonds. The van der Waals surface area contributed by atoms with E-state index in [4.69, 9.17) is 0 Å². The van der Waals surface area contributed by atoms with Crippen LogP contribution in [-0.2, 0) is 10.2 Å². The van der Waals surface area contributed by atoms with Gasteiger partial charge in [0.1, 0.15) is 0 Å². The number of benzene rings is 1. The van der Waals surface area contributed by atoms with Crippen molar-refractivity contribution in [2.24, 2.45) is 0 Å². The molecule has 2 saturated heterocycles. The van der Waals surface area contributed by atoms with Crippen LogP contribution in [0.4, 0.5) is 4.79 Å². The Labute approximate surface area is 144 Å². The predicted octanol–water partition coefficient (Wildman–Crippen LogP) is 2.67. The Balaban J connectivity index is 1.65. The lowest BCUT2D eigenvalue weighted by Gasteiger charge is -2.27. The van der Waals surface area contributed by atoms with Crippen molar-refractivity contribution in [1.29, 1.82) is 0 Å². The van der Waals surface area contributed by atoms with Crippen LogP contribution in [0.1, 0.15) is 50.8 Å². The Kier molecular flexibility index (Phi) is 4.63. The third kappa shape index (κ3) is 3.46. The van der Waals surface area contributed by atoms with E-state index in [1.165, 1.54) is 16.0 Å². The smallest absolute Gasteiger partial charge is 0.324 e. The van der Waals surface area contributed by atoms with Crippen LogP contribution < -0.4 is 5.32 Å². The van der Waals surface area contributed by atoms with E-state index in [0.29, 0.717) is 12.6 Å². The number of amides is 3. The number of urea groups is 1. The fourth-order valence-corrected chi connectivity index (χ4v) is 3.59. The Morgan fingerprint density at radius 2 is 1.83 bits per heavy atom. The third-order valence-corrected chi connectivity index (χ3v) is 5.07. The summed E-state index contributed by atoms with van der Waals surface area (Å²) in [4.78, 5) is 27.1. The summed E-state index contributed by atoms with van der Waals surface area (Å²) in [5.41, 5.74) is 2.84. The SMILES string of the molecule is CC(C)(C)c1ccc(C2CCCN2CCN2C(=O)CNC2=O)cc1. The molecule has 2 heterocycles. The molecule has 0 aliphatic carbocycles. The fourth-order valence-electron chi connectivity index (χ4n) is 3.59. The van der Waals surface area contributed by atoms with Gasteiger partial charge in [-0.25, -0.2) is 4.79 Å². The maximum atomic E-state index is 11.7. The van der Waals surface area contributed by atoms with Gasteiger partial charge in [-0.3, -0.25) is 14.6 Å². The Morgan fingerprint density at radius 3 is 2.42 bits per heavy atom. The fraction of sp³-hybridized carbons (Fsp3) is 0.579. The summed E-state index contributed by atoms with van der Waals surface area (Å²) in [6.07, 6.45) is 2.29. The highest BCUT2D eigenvalue weighted by atomic mass is 16.2. The summed E-state index contributed by atoms with van der Waals surface area (Å²) < 4.78 is 0. The number of hydrogen-bond donors (Lipinski definition) is 1. The van der Waals surface area contributed by atoms with Crippen molar-refractivity contribution < 1.29 is 9.59 Å². The largest absolute Gasteiger partial charge is 0.329 e. The summed E-state index contributed by atoms with van der Waals surface area (Å²) in [5.74, 6) is -0.120. The van der Waals surface area contributed by atoms with Gasteiger partial charge in [0.2, 0.25) is 5.91 Å². The molecular formula is C19H27N3O2. The number of nitrogens with zero attached hydrogens (tertiary/aromatic N) is 2. The summed E-state index contributed by atoms with van der Waals surface area (Å²) in [6.45, 7) is 9.05. The first-order valence-corrected chi connectivity index (χ1v) is 8.79. The van der Waals surface area contributed by atoms with Crippen LogP contribution in [0.3, 0.4) is 0 Å². The minimum absolute atomic E-state index is 0.120. The molecule has 0 saturated carbocycles. The monoisotopic (exact) mass is 329 g/mol. The van der Waals surface area contributed by atoms with Gasteiger partial charge in [0.05, 0.1) is 6.54 Å². The quantitative estimate of drug-likeness (QED) is 0.864. The minimum atomic E-state index is -0.259. The molecule has 130 valence electrons. The maximum absolute atomic E-state index is 11.7. The molecule has 0 radical (unpaired) electrons. The lowest BCUT2D eigenvalue weighted by Crippen LogP contribution is -2.38. The van der Waals surface area contributed by atoms with Crippen molar-refractivity contribution >= 4 is 11.9 Å².